The molecule has 0 bridgehead atoms. The molecule has 0 aliphatic heterocycles. The second kappa shape index (κ2) is 12.3. The third kappa shape index (κ3) is 11.5. The van der Waals surface area contributed by atoms with Crippen molar-refractivity contribution in [3.63, 3.8) is 0 Å². The maximum absolute atomic E-state index is 11.9. The summed E-state index contributed by atoms with van der Waals surface area (Å²) >= 11 is 0. The van der Waals surface area contributed by atoms with E-state index in [1.807, 2.05) is 32.0 Å². The molecular formula is C16H25F3IN3O. The molecule has 1 rings (SSSR count). The zero-order valence-corrected chi connectivity index (χ0v) is 16.3. The number of benzene rings is 1. The van der Waals surface area contributed by atoms with Gasteiger partial charge in [-0.15, -0.1) is 24.0 Å². The molecule has 0 spiro atoms. The molecule has 0 saturated carbocycles. The van der Waals surface area contributed by atoms with Gasteiger partial charge in [-0.05, 0) is 25.8 Å². The second-order valence-electron chi connectivity index (χ2n) is 5.13. The maximum Gasteiger partial charge on any atom is 0.411 e. The summed E-state index contributed by atoms with van der Waals surface area (Å²) in [6.07, 6.45) is -3.79. The third-order valence-corrected chi connectivity index (χ3v) is 2.87. The standard InChI is InChI=1S/C16H24F3N3O.HI/c1-3-20-15(21-8-5-9-23-12-16(17,18)19)22-11-14-7-4-6-13(2)10-14;/h4,6-7,10H,3,5,8-9,11-12H2,1-2H3,(H2,20,21,22);1H. The summed E-state index contributed by atoms with van der Waals surface area (Å²) in [6.45, 7) is 4.59. The van der Waals surface area contributed by atoms with E-state index < -0.39 is 12.8 Å². The van der Waals surface area contributed by atoms with E-state index in [1.165, 1.54) is 5.56 Å². The van der Waals surface area contributed by atoms with Gasteiger partial charge in [0.25, 0.3) is 0 Å². The summed E-state index contributed by atoms with van der Waals surface area (Å²) in [7, 11) is 0. The smallest absolute Gasteiger partial charge is 0.372 e. The number of halogens is 4. The lowest BCUT2D eigenvalue weighted by molar-refractivity contribution is -0.173. The molecule has 0 unspecified atom stereocenters. The predicted molar refractivity (Wildman–Crippen MR) is 101 cm³/mol. The average molecular weight is 459 g/mol. The fourth-order valence-electron chi connectivity index (χ4n) is 1.89. The number of nitrogens with one attached hydrogen (secondary N) is 2. The Morgan fingerprint density at radius 2 is 2.00 bits per heavy atom. The van der Waals surface area contributed by atoms with Crippen molar-refractivity contribution in [3.05, 3.63) is 35.4 Å². The highest BCUT2D eigenvalue weighted by molar-refractivity contribution is 14.0. The maximum atomic E-state index is 11.9. The Kier molecular flexibility index (Phi) is 11.8. The van der Waals surface area contributed by atoms with E-state index in [9.17, 15) is 13.2 Å². The first-order valence-electron chi connectivity index (χ1n) is 7.63. The van der Waals surface area contributed by atoms with E-state index in [4.69, 9.17) is 0 Å². The zero-order chi connectivity index (χ0) is 17.1. The van der Waals surface area contributed by atoms with Crippen LogP contribution in [0.25, 0.3) is 0 Å². The highest BCUT2D eigenvalue weighted by Crippen LogP contribution is 2.14. The SMILES string of the molecule is CCNC(=NCc1cccc(C)c1)NCCCOCC(F)(F)F.I. The van der Waals surface area contributed by atoms with Crippen LogP contribution in [0, 0.1) is 6.92 Å². The highest BCUT2D eigenvalue weighted by atomic mass is 127. The van der Waals surface area contributed by atoms with Crippen LogP contribution < -0.4 is 10.6 Å². The summed E-state index contributed by atoms with van der Waals surface area (Å²) in [5.74, 6) is 0.643. The molecule has 0 radical (unpaired) electrons. The number of guanidine groups is 1. The number of hydrogen-bond acceptors (Lipinski definition) is 2. The lowest BCUT2D eigenvalue weighted by atomic mass is 10.1. The second-order valence-corrected chi connectivity index (χ2v) is 5.13. The van der Waals surface area contributed by atoms with E-state index in [1.54, 1.807) is 0 Å². The molecule has 0 amide bonds. The molecule has 0 aliphatic carbocycles. The summed E-state index contributed by atoms with van der Waals surface area (Å²) < 4.78 is 40.3. The first-order valence-corrected chi connectivity index (χ1v) is 7.63. The Morgan fingerprint density at radius 3 is 2.62 bits per heavy atom. The summed E-state index contributed by atoms with van der Waals surface area (Å²) in [5, 5.41) is 6.18. The average Bonchev–Trinajstić information content (AvgIpc) is 2.47. The number of alkyl halides is 3. The number of aliphatic imine (C=N–C) groups is 1. The van der Waals surface area contributed by atoms with E-state index >= 15 is 0 Å². The normalized spacial score (nSPS) is 11.8. The number of nitrogens with zero attached hydrogens (tertiary/aromatic N) is 1. The quantitative estimate of drug-likeness (QED) is 0.270. The molecule has 8 heteroatoms. The van der Waals surface area contributed by atoms with Crippen LogP contribution in [0.1, 0.15) is 24.5 Å². The Bertz CT molecular complexity index is 496. The number of hydrogen-bond donors (Lipinski definition) is 2. The van der Waals surface area contributed by atoms with Crippen molar-refractivity contribution in [2.24, 2.45) is 4.99 Å². The van der Waals surface area contributed by atoms with Crippen molar-refractivity contribution >= 4 is 29.9 Å². The Morgan fingerprint density at radius 1 is 1.25 bits per heavy atom. The van der Waals surface area contributed by atoms with Crippen molar-refractivity contribution in [3.8, 4) is 0 Å². The largest absolute Gasteiger partial charge is 0.411 e. The number of aryl methyl sites for hydroxylation is 1. The van der Waals surface area contributed by atoms with Gasteiger partial charge in [-0.2, -0.15) is 13.2 Å². The van der Waals surface area contributed by atoms with Crippen LogP contribution in [-0.2, 0) is 11.3 Å². The molecule has 24 heavy (non-hydrogen) atoms. The van der Waals surface area contributed by atoms with Gasteiger partial charge in [-0.3, -0.25) is 0 Å². The molecule has 138 valence electrons. The van der Waals surface area contributed by atoms with Crippen LogP contribution in [0.3, 0.4) is 0 Å². The van der Waals surface area contributed by atoms with Crippen LogP contribution >= 0.6 is 24.0 Å². The fraction of sp³-hybridized carbons (Fsp3) is 0.562. The molecule has 0 heterocycles. The summed E-state index contributed by atoms with van der Waals surface area (Å²) in [5.41, 5.74) is 2.29. The molecule has 0 saturated heterocycles. The van der Waals surface area contributed by atoms with E-state index in [-0.39, 0.29) is 30.6 Å². The van der Waals surface area contributed by atoms with Crippen LogP contribution in [0.4, 0.5) is 13.2 Å². The van der Waals surface area contributed by atoms with E-state index in [0.717, 1.165) is 5.56 Å². The van der Waals surface area contributed by atoms with Crippen molar-refractivity contribution in [1.29, 1.82) is 0 Å². The molecular weight excluding hydrogens is 434 g/mol. The lowest BCUT2D eigenvalue weighted by Gasteiger charge is -2.12. The molecule has 0 aromatic heterocycles. The van der Waals surface area contributed by atoms with Crippen molar-refractivity contribution in [1.82, 2.24) is 10.6 Å². The minimum absolute atomic E-state index is 0. The molecule has 2 N–H and O–H groups in total. The van der Waals surface area contributed by atoms with Gasteiger partial charge in [0.2, 0.25) is 0 Å². The van der Waals surface area contributed by atoms with Crippen molar-refractivity contribution < 1.29 is 17.9 Å². The van der Waals surface area contributed by atoms with Gasteiger partial charge < -0.3 is 15.4 Å². The Labute approximate surface area is 158 Å². The number of rotatable bonds is 8. The van der Waals surface area contributed by atoms with Crippen LogP contribution in [0.5, 0.6) is 0 Å². The van der Waals surface area contributed by atoms with Gasteiger partial charge in [0, 0.05) is 19.7 Å². The zero-order valence-electron chi connectivity index (χ0n) is 13.9. The summed E-state index contributed by atoms with van der Waals surface area (Å²) in [4.78, 5) is 4.46. The highest BCUT2D eigenvalue weighted by Gasteiger charge is 2.27. The first kappa shape index (κ1) is 23.0. The molecule has 1 aromatic carbocycles. The van der Waals surface area contributed by atoms with E-state index in [0.29, 0.717) is 32.0 Å². The molecule has 1 aromatic rings. The van der Waals surface area contributed by atoms with Gasteiger partial charge in [-0.1, -0.05) is 29.8 Å². The van der Waals surface area contributed by atoms with Crippen LogP contribution in [-0.4, -0.2) is 38.4 Å². The first-order chi connectivity index (χ1) is 10.9. The molecule has 0 fully saturated rings. The predicted octanol–water partition coefficient (Wildman–Crippen LogP) is 3.64. The fourth-order valence-corrected chi connectivity index (χ4v) is 1.89. The Balaban J connectivity index is 0.00000529. The lowest BCUT2D eigenvalue weighted by Crippen LogP contribution is -2.38. The van der Waals surface area contributed by atoms with Gasteiger partial charge in [0.15, 0.2) is 5.96 Å². The minimum atomic E-state index is -4.27. The van der Waals surface area contributed by atoms with Crippen molar-refractivity contribution in [2.45, 2.75) is 33.0 Å². The molecule has 0 aliphatic rings. The molecule has 4 nitrogen and oxygen atoms in total. The minimum Gasteiger partial charge on any atom is -0.372 e. The molecule has 0 atom stereocenters. The van der Waals surface area contributed by atoms with Crippen LogP contribution in [0.2, 0.25) is 0 Å². The van der Waals surface area contributed by atoms with Gasteiger partial charge >= 0.3 is 6.18 Å². The number of ether oxygens (including phenoxy) is 1. The Hall–Kier alpha value is -1.03. The summed E-state index contributed by atoms with van der Waals surface area (Å²) in [6, 6.07) is 8.08. The van der Waals surface area contributed by atoms with Gasteiger partial charge in [-0.25, -0.2) is 4.99 Å². The topological polar surface area (TPSA) is 45.7 Å². The third-order valence-electron chi connectivity index (χ3n) is 2.87. The monoisotopic (exact) mass is 459 g/mol. The van der Waals surface area contributed by atoms with Gasteiger partial charge in [0.1, 0.15) is 6.61 Å². The van der Waals surface area contributed by atoms with Crippen LogP contribution in [0.15, 0.2) is 29.3 Å². The van der Waals surface area contributed by atoms with Gasteiger partial charge in [0.05, 0.1) is 6.54 Å². The van der Waals surface area contributed by atoms with E-state index in [2.05, 4.69) is 26.4 Å². The van der Waals surface area contributed by atoms with Crippen molar-refractivity contribution in [2.75, 3.05) is 26.3 Å².